The van der Waals surface area contributed by atoms with Gasteiger partial charge in [0.25, 0.3) is 5.89 Å². The molecular formula is C20H19FN6O2S. The zero-order chi connectivity index (χ0) is 20.3. The van der Waals surface area contributed by atoms with Crippen molar-refractivity contribution in [1.82, 2.24) is 24.9 Å². The first-order chi connectivity index (χ1) is 14.8. The molecule has 8 nitrogen and oxygen atoms in total. The molecule has 0 bridgehead atoms. The zero-order valence-corrected chi connectivity index (χ0v) is 16.9. The van der Waals surface area contributed by atoms with Crippen molar-refractivity contribution >= 4 is 17.7 Å². The molecule has 0 unspecified atom stereocenters. The van der Waals surface area contributed by atoms with E-state index in [0.29, 0.717) is 29.6 Å². The van der Waals surface area contributed by atoms with Crippen molar-refractivity contribution < 1.29 is 13.3 Å². The summed E-state index contributed by atoms with van der Waals surface area (Å²) in [6.07, 6.45) is 3.98. The van der Waals surface area contributed by atoms with E-state index >= 15 is 0 Å². The van der Waals surface area contributed by atoms with E-state index < -0.39 is 0 Å². The van der Waals surface area contributed by atoms with Crippen LogP contribution in [0.5, 0.6) is 0 Å². The number of nitrogens with zero attached hydrogens (tertiary/aromatic N) is 6. The lowest BCUT2D eigenvalue weighted by Crippen LogP contribution is -2.22. The third-order valence-electron chi connectivity index (χ3n) is 4.87. The Morgan fingerprint density at radius 3 is 2.67 bits per heavy atom. The topological polar surface area (TPSA) is 86.0 Å². The Bertz CT molecular complexity index is 1100. The summed E-state index contributed by atoms with van der Waals surface area (Å²) in [5, 5.41) is 13.6. The van der Waals surface area contributed by atoms with E-state index in [4.69, 9.17) is 8.94 Å². The van der Waals surface area contributed by atoms with Gasteiger partial charge in [0.15, 0.2) is 11.0 Å². The highest BCUT2D eigenvalue weighted by Gasteiger charge is 2.22. The molecule has 0 amide bonds. The minimum Gasteiger partial charge on any atom is -0.467 e. The molecule has 0 atom stereocenters. The highest BCUT2D eigenvalue weighted by Crippen LogP contribution is 2.28. The molecule has 1 fully saturated rings. The van der Waals surface area contributed by atoms with Gasteiger partial charge in [-0.1, -0.05) is 16.9 Å². The van der Waals surface area contributed by atoms with Crippen molar-refractivity contribution in [3.8, 4) is 11.5 Å². The highest BCUT2D eigenvalue weighted by atomic mass is 32.2. The van der Waals surface area contributed by atoms with Crippen LogP contribution in [0.1, 0.15) is 24.4 Å². The predicted octanol–water partition coefficient (Wildman–Crippen LogP) is 4.00. The Kier molecular flexibility index (Phi) is 5.22. The minimum atomic E-state index is -0.307. The van der Waals surface area contributed by atoms with Gasteiger partial charge in [-0.3, -0.25) is 4.57 Å². The van der Waals surface area contributed by atoms with Gasteiger partial charge in [-0.05, 0) is 49.2 Å². The SMILES string of the molecule is Fc1ccc(-c2nc(CSc3nnc(N4CCCC4)n3Cc3ccco3)no2)cc1. The summed E-state index contributed by atoms with van der Waals surface area (Å²) in [5.74, 6) is 2.76. The van der Waals surface area contributed by atoms with E-state index in [0.717, 1.165) is 42.8 Å². The number of halogens is 1. The molecule has 4 aromatic rings. The molecule has 0 spiro atoms. The number of thioether (sulfide) groups is 1. The summed E-state index contributed by atoms with van der Waals surface area (Å²) in [6.45, 7) is 2.51. The van der Waals surface area contributed by atoms with Crippen LogP contribution in [0.25, 0.3) is 11.5 Å². The largest absolute Gasteiger partial charge is 0.467 e. The average Bonchev–Trinajstić information content (AvgIpc) is 3.55. The van der Waals surface area contributed by atoms with Gasteiger partial charge in [0, 0.05) is 18.7 Å². The minimum absolute atomic E-state index is 0.307. The molecule has 154 valence electrons. The lowest BCUT2D eigenvalue weighted by atomic mass is 10.2. The summed E-state index contributed by atoms with van der Waals surface area (Å²) < 4.78 is 26.0. The van der Waals surface area contributed by atoms with Gasteiger partial charge in [-0.2, -0.15) is 4.98 Å². The van der Waals surface area contributed by atoms with E-state index in [2.05, 4.69) is 29.8 Å². The summed E-state index contributed by atoms with van der Waals surface area (Å²) in [7, 11) is 0. The van der Waals surface area contributed by atoms with Gasteiger partial charge < -0.3 is 13.8 Å². The standard InChI is InChI=1S/C20H19FN6O2S/c21-15-7-5-14(6-8-15)18-22-17(25-29-18)13-30-20-24-23-19(26-9-1-2-10-26)27(20)12-16-4-3-11-28-16/h3-8,11H,1-2,9-10,12-13H2. The maximum Gasteiger partial charge on any atom is 0.257 e. The van der Waals surface area contributed by atoms with E-state index in [-0.39, 0.29) is 5.82 Å². The monoisotopic (exact) mass is 426 g/mol. The van der Waals surface area contributed by atoms with Crippen molar-refractivity contribution in [2.75, 3.05) is 18.0 Å². The Labute approximate surface area is 176 Å². The maximum atomic E-state index is 13.1. The van der Waals surface area contributed by atoms with Crippen molar-refractivity contribution in [3.63, 3.8) is 0 Å². The number of hydrogen-bond donors (Lipinski definition) is 0. The molecule has 0 saturated carbocycles. The van der Waals surface area contributed by atoms with Crippen LogP contribution in [0.2, 0.25) is 0 Å². The van der Waals surface area contributed by atoms with Crippen molar-refractivity contribution in [1.29, 1.82) is 0 Å². The Morgan fingerprint density at radius 2 is 1.90 bits per heavy atom. The molecule has 3 aromatic heterocycles. The first kappa shape index (κ1) is 18.9. The smallest absolute Gasteiger partial charge is 0.257 e. The van der Waals surface area contributed by atoms with Gasteiger partial charge in [0.1, 0.15) is 11.6 Å². The highest BCUT2D eigenvalue weighted by molar-refractivity contribution is 7.98. The molecule has 1 aliphatic heterocycles. The molecule has 1 saturated heterocycles. The second-order valence-corrected chi connectivity index (χ2v) is 7.90. The summed E-state index contributed by atoms with van der Waals surface area (Å²) in [6, 6.07) is 9.77. The predicted molar refractivity (Wildman–Crippen MR) is 109 cm³/mol. The van der Waals surface area contributed by atoms with Gasteiger partial charge in [0.05, 0.1) is 18.6 Å². The third kappa shape index (κ3) is 3.95. The molecule has 4 heterocycles. The maximum absolute atomic E-state index is 13.1. The molecule has 0 N–H and O–H groups in total. The molecular weight excluding hydrogens is 407 g/mol. The van der Waals surface area contributed by atoms with Crippen LogP contribution in [0.3, 0.4) is 0 Å². The molecule has 0 aliphatic carbocycles. The van der Waals surface area contributed by atoms with Crippen LogP contribution in [0.15, 0.2) is 56.8 Å². The van der Waals surface area contributed by atoms with E-state index in [1.165, 1.54) is 23.9 Å². The summed E-state index contributed by atoms with van der Waals surface area (Å²) in [5.41, 5.74) is 0.678. The van der Waals surface area contributed by atoms with Crippen molar-refractivity contribution in [3.05, 3.63) is 60.1 Å². The molecule has 1 aromatic carbocycles. The van der Waals surface area contributed by atoms with Crippen LogP contribution in [-0.4, -0.2) is 38.0 Å². The van der Waals surface area contributed by atoms with E-state index in [9.17, 15) is 4.39 Å². The Morgan fingerprint density at radius 1 is 1.07 bits per heavy atom. The summed E-state index contributed by atoms with van der Waals surface area (Å²) in [4.78, 5) is 6.66. The fourth-order valence-electron chi connectivity index (χ4n) is 3.39. The van der Waals surface area contributed by atoms with Crippen molar-refractivity contribution in [2.45, 2.75) is 30.3 Å². The average molecular weight is 426 g/mol. The zero-order valence-electron chi connectivity index (χ0n) is 16.1. The normalized spacial score (nSPS) is 14.0. The third-order valence-corrected chi connectivity index (χ3v) is 5.83. The van der Waals surface area contributed by atoms with Crippen LogP contribution >= 0.6 is 11.8 Å². The molecule has 0 radical (unpaired) electrons. The molecule has 30 heavy (non-hydrogen) atoms. The molecule has 1 aliphatic rings. The second kappa shape index (κ2) is 8.31. The van der Waals surface area contributed by atoms with Crippen LogP contribution in [0, 0.1) is 5.82 Å². The van der Waals surface area contributed by atoms with Gasteiger partial charge in [-0.15, -0.1) is 10.2 Å². The van der Waals surface area contributed by atoms with E-state index in [1.54, 1.807) is 18.4 Å². The second-order valence-electron chi connectivity index (χ2n) is 6.95. The number of furan rings is 1. The first-order valence-electron chi connectivity index (χ1n) is 9.68. The number of benzene rings is 1. The quantitative estimate of drug-likeness (QED) is 0.410. The lowest BCUT2D eigenvalue weighted by molar-refractivity contribution is 0.425. The fourth-order valence-corrected chi connectivity index (χ4v) is 4.16. The number of hydrogen-bond acceptors (Lipinski definition) is 8. The van der Waals surface area contributed by atoms with Crippen molar-refractivity contribution in [2.24, 2.45) is 0 Å². The van der Waals surface area contributed by atoms with Crippen LogP contribution in [-0.2, 0) is 12.3 Å². The fraction of sp³-hybridized carbons (Fsp3) is 0.300. The Balaban J connectivity index is 1.34. The van der Waals surface area contributed by atoms with Gasteiger partial charge >= 0.3 is 0 Å². The first-order valence-corrected chi connectivity index (χ1v) is 10.7. The Hall–Kier alpha value is -3.14. The molecule has 5 rings (SSSR count). The van der Waals surface area contributed by atoms with Gasteiger partial charge in [0.2, 0.25) is 5.95 Å². The van der Waals surface area contributed by atoms with E-state index in [1.807, 2.05) is 12.1 Å². The number of rotatable bonds is 7. The molecule has 10 heteroatoms. The van der Waals surface area contributed by atoms with Crippen LogP contribution in [0.4, 0.5) is 10.3 Å². The number of anilines is 1. The lowest BCUT2D eigenvalue weighted by Gasteiger charge is -2.17. The van der Waals surface area contributed by atoms with Gasteiger partial charge in [-0.25, -0.2) is 4.39 Å². The number of aromatic nitrogens is 5. The summed E-state index contributed by atoms with van der Waals surface area (Å²) >= 11 is 1.49. The van der Waals surface area contributed by atoms with Crippen LogP contribution < -0.4 is 4.90 Å².